The van der Waals surface area contributed by atoms with Gasteiger partial charge < -0.3 is 38.5 Å². The molecule has 0 saturated carbocycles. The second-order valence-electron chi connectivity index (χ2n) is 0.894. The molecule has 8 nitrogen and oxygen atoms in total. The maximum atomic E-state index is 8.55. The monoisotopic (exact) mass is 379 g/mol. The van der Waals surface area contributed by atoms with Crippen molar-refractivity contribution in [2.45, 2.75) is 0 Å². The first-order chi connectivity index (χ1) is 4.00. The van der Waals surface area contributed by atoms with Crippen LogP contribution in [0.15, 0.2) is 0 Å². The van der Waals surface area contributed by atoms with Crippen LogP contribution in [-0.4, -0.2) is 0 Å². The van der Waals surface area contributed by atoms with Crippen LogP contribution in [0.3, 0.4) is 0 Å². The summed E-state index contributed by atoms with van der Waals surface area (Å²) in [5, 5.41) is 0. The largest absolute Gasteiger partial charge is 2.00 e. The zero-order chi connectivity index (χ0) is 9.00. The van der Waals surface area contributed by atoms with E-state index in [0.29, 0.717) is 0 Å². The quantitative estimate of drug-likeness (QED) is 0.295. The topological polar surface area (TPSA) is 172 Å². The molecule has 0 aromatic carbocycles. The van der Waals surface area contributed by atoms with Gasteiger partial charge in [0, 0.05) is 0 Å². The average Bonchev–Trinajstić information content (AvgIpc) is 1.12. The molecule has 0 saturated heterocycles. The Morgan fingerprint density at radius 2 is 0.538 bits per heavy atom. The fourth-order valence-electron chi connectivity index (χ4n) is 0. The Bertz CT molecular complexity index is 130. The first-order valence-electron chi connectivity index (χ1n) is 1.46. The third-order valence-corrected chi connectivity index (χ3v) is 0. The molecular weight excluding hydrogens is 381 g/mol. The number of hydrogen-bond acceptors (Lipinski definition) is 8. The Labute approximate surface area is 105 Å². The van der Waals surface area contributed by atoms with Gasteiger partial charge in [-0.2, -0.15) is 15.6 Å². The second-order valence-corrected chi connectivity index (χ2v) is 2.68. The van der Waals surface area contributed by atoms with E-state index in [2.05, 4.69) is 0 Å². The first-order valence-corrected chi connectivity index (χ1v) is 4.38. The van der Waals surface area contributed by atoms with Crippen molar-refractivity contribution in [1.82, 2.24) is 0 Å². The summed E-state index contributed by atoms with van der Waals surface area (Å²) in [6.45, 7) is 0. The Hall–Kier alpha value is 1.78. The summed E-state index contributed by atoms with van der Waals surface area (Å²) in [7, 11) is -10.8. The Kier molecular flexibility index (Phi) is 26.7. The summed E-state index contributed by atoms with van der Waals surface area (Å²) >= 11 is 0. The molecule has 0 amide bonds. The van der Waals surface area contributed by atoms with E-state index in [1.165, 1.54) is 0 Å². The van der Waals surface area contributed by atoms with E-state index in [0.717, 1.165) is 0 Å². The molecule has 0 unspecified atom stereocenters. The van der Waals surface area contributed by atoms with Crippen molar-refractivity contribution in [3.63, 3.8) is 0 Å². The normalized spacial score (nSPS) is 9.08. The van der Waals surface area contributed by atoms with Crippen LogP contribution < -0.4 is 29.4 Å². The number of rotatable bonds is 0. The summed E-state index contributed by atoms with van der Waals surface area (Å²) in [6, 6.07) is 0. The van der Waals surface area contributed by atoms with Crippen molar-refractivity contribution in [1.29, 1.82) is 0 Å². The van der Waals surface area contributed by atoms with Crippen molar-refractivity contribution in [3.05, 3.63) is 0 Å². The maximum absolute atomic E-state index is 8.55. The standard InChI is InChI=1S/3Cu.2H3O4P/c;;;2*1-5(2,3)4/h;;;2*(H3,1,2,3,4)/q3*+2;;/p-6. The molecule has 0 rings (SSSR count). The fourth-order valence-corrected chi connectivity index (χ4v) is 0. The first kappa shape index (κ1) is 29.3. The van der Waals surface area contributed by atoms with Gasteiger partial charge in [0.05, 0.1) is 0 Å². The SMILES string of the molecule is O=P([O-])([O-])[O-].O=P([O-])([O-])[O-].[Cu+2].[Cu+2].[Cu+2]. The van der Waals surface area contributed by atoms with Crippen LogP contribution in [-0.2, 0) is 60.3 Å². The van der Waals surface area contributed by atoms with E-state index in [9.17, 15) is 0 Å². The van der Waals surface area contributed by atoms with Gasteiger partial charge in [0.1, 0.15) is 0 Å². The molecule has 0 heterocycles. The van der Waals surface area contributed by atoms with E-state index in [1.807, 2.05) is 0 Å². The third-order valence-electron chi connectivity index (χ3n) is 0. The number of phosphoric acid groups is 2. The number of hydrogen-bond donors (Lipinski definition) is 0. The summed E-state index contributed by atoms with van der Waals surface area (Å²) in [5.74, 6) is 0. The van der Waals surface area contributed by atoms with Crippen molar-refractivity contribution >= 4 is 15.6 Å². The van der Waals surface area contributed by atoms with E-state index in [4.69, 9.17) is 38.5 Å². The van der Waals surface area contributed by atoms with Crippen molar-refractivity contribution in [3.8, 4) is 0 Å². The molecule has 0 bridgehead atoms. The summed E-state index contributed by atoms with van der Waals surface area (Å²) in [6.07, 6.45) is 0. The van der Waals surface area contributed by atoms with E-state index in [-0.39, 0.29) is 51.2 Å². The van der Waals surface area contributed by atoms with Gasteiger partial charge in [-0.3, -0.25) is 0 Å². The minimum atomic E-state index is -5.39. The molecule has 13 heavy (non-hydrogen) atoms. The maximum Gasteiger partial charge on any atom is 2.00 e. The van der Waals surface area contributed by atoms with Crippen LogP contribution in [0.5, 0.6) is 0 Å². The van der Waals surface area contributed by atoms with Crippen molar-refractivity contribution < 1.29 is 89.7 Å². The summed E-state index contributed by atoms with van der Waals surface area (Å²) < 4.78 is 17.1. The summed E-state index contributed by atoms with van der Waals surface area (Å²) in [4.78, 5) is 51.3. The molecule has 0 aliphatic heterocycles. The Morgan fingerprint density at radius 3 is 0.538 bits per heavy atom. The smallest absolute Gasteiger partial charge is 0.822 e. The predicted molar refractivity (Wildman–Crippen MR) is 15.2 cm³/mol. The van der Waals surface area contributed by atoms with Gasteiger partial charge in [-0.25, -0.2) is 0 Å². The molecule has 0 aromatic rings. The predicted octanol–water partition coefficient (Wildman–Crippen LogP) is -5.66. The van der Waals surface area contributed by atoms with Crippen LogP contribution in [0.2, 0.25) is 0 Å². The van der Waals surface area contributed by atoms with Crippen LogP contribution >= 0.6 is 15.6 Å². The van der Waals surface area contributed by atoms with Crippen LogP contribution in [0, 0.1) is 0 Å². The third kappa shape index (κ3) is 604. The molecule has 91 valence electrons. The van der Waals surface area contributed by atoms with Gasteiger partial charge in [0.2, 0.25) is 0 Å². The van der Waals surface area contributed by atoms with Gasteiger partial charge in [-0.15, -0.1) is 0 Å². The summed E-state index contributed by atoms with van der Waals surface area (Å²) in [5.41, 5.74) is 0. The van der Waals surface area contributed by atoms with Crippen LogP contribution in [0.25, 0.3) is 0 Å². The molecule has 0 fully saturated rings. The van der Waals surface area contributed by atoms with Crippen LogP contribution in [0.4, 0.5) is 0 Å². The van der Waals surface area contributed by atoms with E-state index >= 15 is 0 Å². The Morgan fingerprint density at radius 1 is 0.538 bits per heavy atom. The fraction of sp³-hybridized carbons (Fsp3) is 0. The molecule has 3 radical (unpaired) electrons. The van der Waals surface area contributed by atoms with Gasteiger partial charge in [-0.1, -0.05) is 0 Å². The van der Waals surface area contributed by atoms with Gasteiger partial charge in [0.25, 0.3) is 0 Å². The molecular formula is Cu3O8P2. The molecule has 0 aliphatic rings. The minimum Gasteiger partial charge on any atom is -0.822 e. The molecule has 0 spiro atoms. The Balaban J connectivity index is -0.0000000267. The molecule has 0 aliphatic carbocycles. The van der Waals surface area contributed by atoms with Crippen molar-refractivity contribution in [2.24, 2.45) is 0 Å². The van der Waals surface area contributed by atoms with Gasteiger partial charge in [-0.05, 0) is 0 Å². The molecule has 0 N–H and O–H groups in total. The van der Waals surface area contributed by atoms with E-state index in [1.54, 1.807) is 0 Å². The zero-order valence-corrected chi connectivity index (χ0v) is 9.68. The van der Waals surface area contributed by atoms with E-state index < -0.39 is 15.6 Å². The minimum absolute atomic E-state index is 0. The zero-order valence-electron chi connectivity index (χ0n) is 5.06. The second kappa shape index (κ2) is 11.9. The molecule has 0 aromatic heterocycles. The molecule has 0 atom stereocenters. The van der Waals surface area contributed by atoms with Gasteiger partial charge in [0.15, 0.2) is 0 Å². The average molecular weight is 381 g/mol. The van der Waals surface area contributed by atoms with Gasteiger partial charge >= 0.3 is 51.2 Å². The van der Waals surface area contributed by atoms with Crippen molar-refractivity contribution in [2.75, 3.05) is 0 Å². The van der Waals surface area contributed by atoms with Crippen LogP contribution in [0.1, 0.15) is 0 Å². The molecule has 13 heteroatoms.